The Kier molecular flexibility index (Phi) is 6.04. The fourth-order valence-electron chi connectivity index (χ4n) is 3.06. The summed E-state index contributed by atoms with van der Waals surface area (Å²) in [6, 6.07) is 20.1. The zero-order chi connectivity index (χ0) is 19.2. The molecule has 0 aliphatic rings. The molecule has 5 heteroatoms. The maximum Gasteiger partial charge on any atom is 0.257 e. The number of carbonyl (C=O) groups is 1. The van der Waals surface area contributed by atoms with Gasteiger partial charge in [0.1, 0.15) is 17.0 Å². The standard InChI is InChI=1S/C22H25N3O2/c1-16-20(21(24-27-16)18-12-8-5-9-13-18)22(26)23-15-19(25(2)3)14-17-10-6-4-7-11-17/h4-13,19H,14-15H2,1-3H3,(H,23,26). The fraction of sp³-hybridized carbons (Fsp3) is 0.273. The van der Waals surface area contributed by atoms with Crippen LogP contribution in [0.2, 0.25) is 0 Å². The van der Waals surface area contributed by atoms with Crippen LogP contribution in [-0.4, -0.2) is 42.6 Å². The lowest BCUT2D eigenvalue weighted by atomic mass is 10.0. The molecule has 3 aromatic rings. The minimum atomic E-state index is -0.160. The number of likely N-dealkylation sites (N-methyl/N-ethyl adjacent to an activating group) is 1. The molecule has 0 bridgehead atoms. The predicted octanol–water partition coefficient (Wildman–Crippen LogP) is 3.55. The molecule has 27 heavy (non-hydrogen) atoms. The highest BCUT2D eigenvalue weighted by atomic mass is 16.5. The van der Waals surface area contributed by atoms with Crippen LogP contribution in [0.15, 0.2) is 65.2 Å². The summed E-state index contributed by atoms with van der Waals surface area (Å²) >= 11 is 0. The number of amides is 1. The third kappa shape index (κ3) is 4.63. The van der Waals surface area contributed by atoms with E-state index in [0.717, 1.165) is 12.0 Å². The Morgan fingerprint density at radius 1 is 1.07 bits per heavy atom. The summed E-state index contributed by atoms with van der Waals surface area (Å²) in [4.78, 5) is 15.0. The Hall–Kier alpha value is -2.92. The van der Waals surface area contributed by atoms with Gasteiger partial charge in [-0.3, -0.25) is 4.79 Å². The Bertz CT molecular complexity index is 873. The molecule has 1 aromatic heterocycles. The van der Waals surface area contributed by atoms with Crippen molar-refractivity contribution in [3.8, 4) is 11.3 Å². The fourth-order valence-corrected chi connectivity index (χ4v) is 3.06. The topological polar surface area (TPSA) is 58.4 Å². The smallest absolute Gasteiger partial charge is 0.257 e. The third-order valence-electron chi connectivity index (χ3n) is 4.68. The average Bonchev–Trinajstić information content (AvgIpc) is 3.07. The molecule has 1 atom stereocenters. The molecule has 0 radical (unpaired) electrons. The van der Waals surface area contributed by atoms with E-state index in [-0.39, 0.29) is 11.9 Å². The third-order valence-corrected chi connectivity index (χ3v) is 4.68. The Labute approximate surface area is 160 Å². The lowest BCUT2D eigenvalue weighted by Crippen LogP contribution is -2.41. The van der Waals surface area contributed by atoms with Crippen molar-refractivity contribution in [1.29, 1.82) is 0 Å². The first-order valence-corrected chi connectivity index (χ1v) is 9.06. The van der Waals surface area contributed by atoms with Gasteiger partial charge in [-0.05, 0) is 33.0 Å². The number of nitrogens with zero attached hydrogens (tertiary/aromatic N) is 2. The maximum absolute atomic E-state index is 12.9. The van der Waals surface area contributed by atoms with Gasteiger partial charge in [0.25, 0.3) is 5.91 Å². The van der Waals surface area contributed by atoms with Gasteiger partial charge in [0.15, 0.2) is 0 Å². The largest absolute Gasteiger partial charge is 0.360 e. The minimum absolute atomic E-state index is 0.160. The lowest BCUT2D eigenvalue weighted by Gasteiger charge is -2.24. The van der Waals surface area contributed by atoms with Crippen molar-refractivity contribution >= 4 is 5.91 Å². The molecule has 5 nitrogen and oxygen atoms in total. The Balaban J connectivity index is 1.72. The highest BCUT2D eigenvalue weighted by molar-refractivity contribution is 6.00. The predicted molar refractivity (Wildman–Crippen MR) is 107 cm³/mol. The molecule has 3 rings (SSSR count). The van der Waals surface area contributed by atoms with Crippen molar-refractivity contribution in [3.05, 3.63) is 77.6 Å². The summed E-state index contributed by atoms with van der Waals surface area (Å²) in [7, 11) is 4.06. The van der Waals surface area contributed by atoms with Gasteiger partial charge < -0.3 is 14.7 Å². The molecule has 2 aromatic carbocycles. The number of rotatable bonds is 7. The van der Waals surface area contributed by atoms with Gasteiger partial charge in [-0.25, -0.2) is 0 Å². The molecule has 0 aliphatic heterocycles. The number of hydrogen-bond acceptors (Lipinski definition) is 4. The zero-order valence-electron chi connectivity index (χ0n) is 16.0. The summed E-state index contributed by atoms with van der Waals surface area (Å²) in [5.74, 6) is 0.364. The first-order valence-electron chi connectivity index (χ1n) is 9.06. The zero-order valence-corrected chi connectivity index (χ0v) is 16.0. The molecule has 0 saturated carbocycles. The molecule has 1 amide bonds. The average molecular weight is 363 g/mol. The highest BCUT2D eigenvalue weighted by Gasteiger charge is 2.22. The van der Waals surface area contributed by atoms with E-state index in [2.05, 4.69) is 27.5 Å². The summed E-state index contributed by atoms with van der Waals surface area (Å²) < 4.78 is 5.30. The number of hydrogen-bond donors (Lipinski definition) is 1. The van der Waals surface area contributed by atoms with Crippen molar-refractivity contribution < 1.29 is 9.32 Å². The molecule has 1 unspecified atom stereocenters. The van der Waals surface area contributed by atoms with E-state index in [9.17, 15) is 4.79 Å². The summed E-state index contributed by atoms with van der Waals surface area (Å²) in [6.45, 7) is 2.31. The summed E-state index contributed by atoms with van der Waals surface area (Å²) in [5.41, 5.74) is 3.19. The molecule has 0 spiro atoms. The lowest BCUT2D eigenvalue weighted by molar-refractivity contribution is 0.0940. The van der Waals surface area contributed by atoms with Crippen LogP contribution in [0.4, 0.5) is 0 Å². The van der Waals surface area contributed by atoms with Crippen LogP contribution in [0, 0.1) is 6.92 Å². The second-order valence-electron chi connectivity index (χ2n) is 6.85. The van der Waals surface area contributed by atoms with Crippen molar-refractivity contribution in [2.45, 2.75) is 19.4 Å². The van der Waals surface area contributed by atoms with Crippen LogP contribution in [0.25, 0.3) is 11.3 Å². The quantitative estimate of drug-likeness (QED) is 0.697. The van der Waals surface area contributed by atoms with Gasteiger partial charge in [-0.15, -0.1) is 0 Å². The van der Waals surface area contributed by atoms with Crippen molar-refractivity contribution in [1.82, 2.24) is 15.4 Å². The van der Waals surface area contributed by atoms with Gasteiger partial charge in [-0.1, -0.05) is 65.8 Å². The number of benzene rings is 2. The monoisotopic (exact) mass is 363 g/mol. The van der Waals surface area contributed by atoms with Crippen LogP contribution in [-0.2, 0) is 6.42 Å². The highest BCUT2D eigenvalue weighted by Crippen LogP contribution is 2.24. The van der Waals surface area contributed by atoms with Gasteiger partial charge in [0.05, 0.1) is 0 Å². The van der Waals surface area contributed by atoms with E-state index < -0.39 is 0 Å². The summed E-state index contributed by atoms with van der Waals surface area (Å²) in [5, 5.41) is 7.15. The molecule has 0 fully saturated rings. The maximum atomic E-state index is 12.9. The molecule has 0 aliphatic carbocycles. The molecule has 0 saturated heterocycles. The SMILES string of the molecule is Cc1onc(-c2ccccc2)c1C(=O)NCC(Cc1ccccc1)N(C)C. The Morgan fingerprint density at radius 2 is 1.70 bits per heavy atom. The van der Waals surface area contributed by atoms with E-state index >= 15 is 0 Å². The molecule has 1 heterocycles. The van der Waals surface area contributed by atoms with Crippen LogP contribution in [0.1, 0.15) is 21.7 Å². The minimum Gasteiger partial charge on any atom is -0.360 e. The van der Waals surface area contributed by atoms with Gasteiger partial charge in [0, 0.05) is 18.2 Å². The Morgan fingerprint density at radius 3 is 2.33 bits per heavy atom. The van der Waals surface area contributed by atoms with Crippen LogP contribution in [0.5, 0.6) is 0 Å². The molecular formula is C22H25N3O2. The second kappa shape index (κ2) is 8.64. The molecule has 140 valence electrons. The first-order chi connectivity index (χ1) is 13.1. The van der Waals surface area contributed by atoms with Crippen LogP contribution in [0.3, 0.4) is 0 Å². The van der Waals surface area contributed by atoms with Crippen molar-refractivity contribution in [2.75, 3.05) is 20.6 Å². The van der Waals surface area contributed by atoms with Gasteiger partial charge in [-0.2, -0.15) is 0 Å². The van der Waals surface area contributed by atoms with Crippen LogP contribution >= 0.6 is 0 Å². The molecule has 1 N–H and O–H groups in total. The van der Waals surface area contributed by atoms with Gasteiger partial charge >= 0.3 is 0 Å². The normalized spacial score (nSPS) is 12.1. The van der Waals surface area contributed by atoms with E-state index in [4.69, 9.17) is 4.52 Å². The van der Waals surface area contributed by atoms with E-state index in [1.807, 2.05) is 62.6 Å². The second-order valence-corrected chi connectivity index (χ2v) is 6.85. The number of nitrogens with one attached hydrogen (secondary N) is 1. The van der Waals surface area contributed by atoms with Gasteiger partial charge in [0.2, 0.25) is 0 Å². The number of aryl methyl sites for hydroxylation is 1. The molecular weight excluding hydrogens is 338 g/mol. The van der Waals surface area contributed by atoms with Crippen molar-refractivity contribution in [3.63, 3.8) is 0 Å². The first kappa shape index (κ1) is 18.9. The number of carbonyl (C=O) groups excluding carboxylic acids is 1. The number of aromatic nitrogens is 1. The van der Waals surface area contributed by atoms with E-state index in [1.54, 1.807) is 6.92 Å². The van der Waals surface area contributed by atoms with E-state index in [1.165, 1.54) is 5.56 Å². The van der Waals surface area contributed by atoms with Crippen LogP contribution < -0.4 is 5.32 Å². The summed E-state index contributed by atoms with van der Waals surface area (Å²) in [6.07, 6.45) is 0.863. The van der Waals surface area contributed by atoms with Crippen molar-refractivity contribution in [2.24, 2.45) is 0 Å². The van der Waals surface area contributed by atoms with E-state index in [0.29, 0.717) is 23.6 Å².